The Hall–Kier alpha value is 51.7. The van der Waals surface area contributed by atoms with E-state index in [2.05, 4.69) is 0 Å². The van der Waals surface area contributed by atoms with Gasteiger partial charge in [0.25, 0.3) is 0 Å². The van der Waals surface area contributed by atoms with Gasteiger partial charge in [-0.3, -0.25) is 0 Å². The minimum absolute atomic E-state index is 0. The van der Waals surface area contributed by atoms with Crippen LogP contribution in [0.2, 0.25) is 0 Å². The second-order valence-corrected chi connectivity index (χ2v) is 0. The van der Waals surface area contributed by atoms with E-state index >= 15 is 0 Å². The Kier molecular flexibility index (Phi) is 16300. The molecule has 0 nitrogen and oxygen atoms in total. The van der Waals surface area contributed by atoms with Gasteiger partial charge < -0.3 is 0 Å². The predicted molar refractivity (Wildman–Crippen MR) is 0 cm³/mol. The third-order valence-electron chi connectivity index (χ3n) is 0. The van der Waals surface area contributed by atoms with Gasteiger partial charge in [-0.2, -0.15) is 0 Å². The van der Waals surface area contributed by atoms with Crippen molar-refractivity contribution in [2.45, 2.75) is 0 Å². The van der Waals surface area contributed by atoms with Crippen molar-refractivity contribution in [3.63, 3.8) is 0 Å². The Bertz CT molecular complexity index is 46.9. The molecule has 0 N–H and O–H groups in total. The van der Waals surface area contributed by atoms with E-state index in [9.17, 15) is 0 Å². The van der Waals surface area contributed by atoms with Crippen molar-refractivity contribution in [3.8, 4) is 0 Å². The van der Waals surface area contributed by atoms with E-state index in [4.69, 9.17) is 0 Å². The first-order valence-electron chi connectivity index (χ1n) is 0. The van der Waals surface area contributed by atoms with Crippen LogP contribution in [0.25, 0.3) is 0 Å². The fourth-order valence-electron chi connectivity index (χ4n) is 0. The van der Waals surface area contributed by atoms with Gasteiger partial charge in [-0.25, -0.2) is 0 Å². The molecule has 0 fully saturated rings. The monoisotopic (exact) mass is 6240 g/mol. The van der Waals surface area contributed by atoms with Gasteiger partial charge in [-0.15, -0.1) is 0 Å². The molecule has 0 saturated carbocycles. The summed E-state index contributed by atoms with van der Waals surface area (Å²) in [6.07, 6.45) is 0. The number of hydrogen-bond donors (Lipinski definition) is 0. The summed E-state index contributed by atoms with van der Waals surface area (Å²) in [5.74, 6) is 0. The molecule has 100 heavy (non-hydrogen) atoms. The molecule has 0 unspecified atom stereocenters. The van der Waals surface area contributed by atoms with E-state index in [1.807, 2.05) is 0 Å². The summed E-state index contributed by atoms with van der Waals surface area (Å²) in [4.78, 5) is 0. The Labute approximate surface area is 1660 Å². The number of rotatable bonds is 0. The molecule has 0 amide bonds. The summed E-state index contributed by atoms with van der Waals surface area (Å²) in [7, 11) is 0. The Morgan fingerprint density at radius 3 is 0.0200 bits per heavy atom. The molecule has 90 radical (unpaired) electrons. The van der Waals surface area contributed by atoms with Crippen molar-refractivity contribution in [1.82, 2.24) is 0 Å². The molecule has 0 atom stereocenters. The molecule has 0 rings (SSSR count). The largest absolute Gasteiger partial charge is 0 e. The summed E-state index contributed by atoms with van der Waals surface area (Å²) in [6, 6.07) is 0. The minimum atomic E-state index is 0. The van der Waals surface area contributed by atoms with Gasteiger partial charge in [0.2, 0.25) is 0 Å². The van der Waals surface area contributed by atoms with E-state index in [1.165, 1.54) is 0 Å². The molecular weight excluding hydrogens is 6310 g/mol. The standard InChI is InChI=1S/90Cu.10Ni. The van der Waals surface area contributed by atoms with E-state index < -0.39 is 0 Å². The summed E-state index contributed by atoms with van der Waals surface area (Å²) in [5, 5.41) is 0. The van der Waals surface area contributed by atoms with Crippen LogP contribution in [0.15, 0.2) is 0 Å². The first-order chi connectivity index (χ1) is 0. The van der Waals surface area contributed by atoms with Crippen LogP contribution in [0, 0.1) is 0 Å². The average Bonchev–Trinajstić information content (AvgIpc) is 0. The zero-order valence-corrected chi connectivity index (χ0v) is 125. The normalized spacial score (nSPS) is 0. The maximum Gasteiger partial charge on any atom is 0 e. The van der Waals surface area contributed by atoms with Crippen molar-refractivity contribution in [2.24, 2.45) is 0 Å². The molecule has 100 heteroatoms. The van der Waals surface area contributed by atoms with Crippen molar-refractivity contribution in [1.29, 1.82) is 0 Å². The van der Waals surface area contributed by atoms with Crippen molar-refractivity contribution >= 4 is 0 Å². The maximum absolute atomic E-state index is 0. The smallest absolute Gasteiger partial charge is 0 e. The van der Waals surface area contributed by atoms with Crippen LogP contribution in [0.3, 0.4) is 0 Å². The SMILES string of the molecule is [Cu].[Cu].[Cu].[Cu].[Cu].[Cu].[Cu].[Cu].[Cu].[Cu].[Cu].[Cu].[Cu].[Cu].[Cu].[Cu].[Cu].[Cu].[Cu].[Cu].[Cu].[Cu].[Cu].[Cu].[Cu].[Cu].[Cu].[Cu].[Cu].[Cu].[Cu].[Cu].[Cu].[Cu].[Cu].[Cu].[Cu].[Cu].[Cu].[Cu].[Cu].[Cu].[Cu].[Cu].[Cu].[Cu].[Cu].[Cu].[Cu].[Cu].[Cu].[Cu].[Cu].[Cu].[Cu].[Cu].[Cu].[Cu].[Cu].[Cu].[Cu].[Cu].[Cu].[Cu].[Cu].[Cu].[Cu].[Cu].[Cu].[Cu].[Cu].[Cu].[Cu].[Cu].[Cu].[Cu].[Cu].[Cu].[Cu].[Cu].[Cu].[Cu].[Cu].[Cu].[Cu].[Cu].[Cu].[Cu].[Cu].[Cu].[Ni].[Ni].[Ni].[Ni].[Ni].[Ni].[Ni].[Ni].[Ni].[Ni]. The summed E-state index contributed by atoms with van der Waals surface area (Å²) in [6.45, 7) is 0. The maximum atomic E-state index is 0. The van der Waals surface area contributed by atoms with Crippen LogP contribution >= 0.6 is 0 Å². The molecule has 0 spiro atoms. The van der Waals surface area contributed by atoms with Crippen LogP contribution in [0.1, 0.15) is 0 Å². The second-order valence-electron chi connectivity index (χ2n) is 0. The van der Waals surface area contributed by atoms with Gasteiger partial charge in [0.05, 0.1) is 0 Å². The molecule has 0 aliphatic rings. The zero-order chi connectivity index (χ0) is 0. The fourth-order valence-corrected chi connectivity index (χ4v) is 0. The van der Waals surface area contributed by atoms with Gasteiger partial charge >= 0.3 is 0 Å². The molecule has 0 aromatic carbocycles. The summed E-state index contributed by atoms with van der Waals surface area (Å²) >= 11 is 0. The molecule has 0 aliphatic carbocycles. The quantitative estimate of drug-likeness (QED) is 0.295. The predicted octanol–water partition coefficient (Wildman–Crippen LogP) is -0.250. The van der Waals surface area contributed by atoms with Crippen molar-refractivity contribution < 1.29 is 1700 Å². The first-order valence-corrected chi connectivity index (χ1v) is 0. The Morgan fingerprint density at radius 2 is 0.0200 bits per heavy atom. The van der Waals surface area contributed by atoms with Crippen LogP contribution in [-0.2, 0) is 1700 Å². The van der Waals surface area contributed by atoms with Crippen LogP contribution < -0.4 is 0 Å². The molecule has 1090 valence electrons. The summed E-state index contributed by atoms with van der Waals surface area (Å²) in [5.41, 5.74) is 0. The second kappa shape index (κ2) is 1260. The minimum Gasteiger partial charge on any atom is 0 e. The third-order valence-corrected chi connectivity index (χ3v) is 0. The van der Waals surface area contributed by atoms with Gasteiger partial charge in [-0.05, 0) is 0 Å². The molecule has 0 aliphatic heterocycles. The molecule has 0 aromatic rings. The third kappa shape index (κ3) is 1240. The zero-order valence-electron chi connectivity index (χ0n) is 30.3. The van der Waals surface area contributed by atoms with Gasteiger partial charge in [0, 0.05) is 1700 Å². The first kappa shape index (κ1) is 1290. The Morgan fingerprint density at radius 1 is 0.0200 bits per heavy atom. The van der Waals surface area contributed by atoms with Gasteiger partial charge in [0.1, 0.15) is 0 Å². The van der Waals surface area contributed by atoms with Crippen LogP contribution in [0.5, 0.6) is 0 Å². The fraction of sp³-hybridized carbons (Fsp3) is 0. The van der Waals surface area contributed by atoms with Crippen LogP contribution in [-0.4, -0.2) is 0 Å². The number of hydrogen-bond acceptors (Lipinski definition) is 0. The van der Waals surface area contributed by atoms with Gasteiger partial charge in [0.15, 0.2) is 0 Å². The molecule has 0 saturated heterocycles. The Balaban J connectivity index is 0. The van der Waals surface area contributed by atoms with Gasteiger partial charge in [-0.1, -0.05) is 0 Å². The van der Waals surface area contributed by atoms with E-state index in [0.29, 0.717) is 0 Å². The topological polar surface area (TPSA) is 0 Å². The summed E-state index contributed by atoms with van der Waals surface area (Å²) < 4.78 is 0. The molecular formula is Cu90Ni10. The van der Waals surface area contributed by atoms with E-state index in [-0.39, 0.29) is 1700 Å². The van der Waals surface area contributed by atoms with Crippen molar-refractivity contribution in [2.75, 3.05) is 0 Å². The molecule has 0 bridgehead atoms. The molecule has 0 heterocycles. The van der Waals surface area contributed by atoms with E-state index in [0.717, 1.165) is 0 Å². The van der Waals surface area contributed by atoms with Crippen molar-refractivity contribution in [3.05, 3.63) is 0 Å². The van der Waals surface area contributed by atoms with E-state index in [1.54, 1.807) is 0 Å². The molecule has 0 aromatic heterocycles. The van der Waals surface area contributed by atoms with Crippen LogP contribution in [0.4, 0.5) is 0 Å². The average molecular weight is 6310 g/mol.